The molecule has 2 aliphatic rings. The standard InChI is InChI=1S/C15H17N3O/c16-7-1-9-18(13-4-5-13)15(19)12-3-2-11-6-8-17-14(11)10-12/h2-3,10,13,17H,1,4-6,8-9H2. The van der Waals surface area contributed by atoms with E-state index in [2.05, 4.69) is 11.4 Å². The zero-order chi connectivity index (χ0) is 13.2. The van der Waals surface area contributed by atoms with Gasteiger partial charge < -0.3 is 10.2 Å². The first-order chi connectivity index (χ1) is 9.29. The van der Waals surface area contributed by atoms with Gasteiger partial charge in [0.25, 0.3) is 5.91 Å². The van der Waals surface area contributed by atoms with Crippen LogP contribution in [0.25, 0.3) is 0 Å². The Bertz CT molecular complexity index is 543. The Kier molecular flexibility index (Phi) is 3.12. The molecule has 1 aromatic carbocycles. The van der Waals surface area contributed by atoms with E-state index in [0.717, 1.165) is 37.1 Å². The minimum Gasteiger partial charge on any atom is -0.384 e. The quantitative estimate of drug-likeness (QED) is 0.897. The SMILES string of the molecule is N#CCCN(C(=O)c1ccc2c(c1)NCC2)C1CC1. The highest BCUT2D eigenvalue weighted by Crippen LogP contribution is 2.30. The molecule has 1 saturated carbocycles. The fourth-order valence-electron chi connectivity index (χ4n) is 2.60. The van der Waals surface area contributed by atoms with Gasteiger partial charge in [0.1, 0.15) is 0 Å². The van der Waals surface area contributed by atoms with Crippen LogP contribution in [0.2, 0.25) is 0 Å². The van der Waals surface area contributed by atoms with Crippen LogP contribution in [0.5, 0.6) is 0 Å². The monoisotopic (exact) mass is 255 g/mol. The summed E-state index contributed by atoms with van der Waals surface area (Å²) in [5.74, 6) is 0.0641. The lowest BCUT2D eigenvalue weighted by Gasteiger charge is -2.21. The van der Waals surface area contributed by atoms with Crippen molar-refractivity contribution in [2.75, 3.05) is 18.4 Å². The van der Waals surface area contributed by atoms with Crippen molar-refractivity contribution in [3.05, 3.63) is 29.3 Å². The van der Waals surface area contributed by atoms with Crippen molar-refractivity contribution in [2.24, 2.45) is 0 Å². The van der Waals surface area contributed by atoms with Crippen LogP contribution in [0.15, 0.2) is 18.2 Å². The zero-order valence-corrected chi connectivity index (χ0v) is 10.9. The van der Waals surface area contributed by atoms with E-state index in [-0.39, 0.29) is 5.91 Å². The second-order valence-corrected chi connectivity index (χ2v) is 5.19. The predicted octanol–water partition coefficient (Wildman–Crippen LogP) is 2.17. The molecule has 0 radical (unpaired) electrons. The molecule has 1 N–H and O–H groups in total. The summed E-state index contributed by atoms with van der Waals surface area (Å²) < 4.78 is 0. The van der Waals surface area contributed by atoms with Crippen molar-refractivity contribution in [3.8, 4) is 6.07 Å². The third-order valence-corrected chi connectivity index (χ3v) is 3.78. The number of carbonyl (C=O) groups excluding carboxylic acids is 1. The lowest BCUT2D eigenvalue weighted by atomic mass is 10.1. The van der Waals surface area contributed by atoms with Crippen molar-refractivity contribution in [3.63, 3.8) is 0 Å². The highest BCUT2D eigenvalue weighted by Gasteiger charge is 2.32. The minimum atomic E-state index is 0.0641. The molecule has 0 unspecified atom stereocenters. The van der Waals surface area contributed by atoms with Gasteiger partial charge in [-0.3, -0.25) is 4.79 Å². The summed E-state index contributed by atoms with van der Waals surface area (Å²) in [5, 5.41) is 12.0. The van der Waals surface area contributed by atoms with Crippen LogP contribution in [0.1, 0.15) is 35.2 Å². The van der Waals surface area contributed by atoms with Gasteiger partial charge in [-0.25, -0.2) is 0 Å². The maximum Gasteiger partial charge on any atom is 0.254 e. The van der Waals surface area contributed by atoms with Crippen LogP contribution in [0, 0.1) is 11.3 Å². The highest BCUT2D eigenvalue weighted by atomic mass is 16.2. The molecule has 0 saturated heterocycles. The maximum atomic E-state index is 12.5. The second kappa shape index (κ2) is 4.93. The molecule has 1 aromatic rings. The van der Waals surface area contributed by atoms with Crippen molar-refractivity contribution >= 4 is 11.6 Å². The van der Waals surface area contributed by atoms with Gasteiger partial charge in [0, 0.05) is 30.4 Å². The largest absolute Gasteiger partial charge is 0.384 e. The third kappa shape index (κ3) is 2.41. The second-order valence-electron chi connectivity index (χ2n) is 5.19. The Morgan fingerprint density at radius 2 is 2.32 bits per heavy atom. The van der Waals surface area contributed by atoms with Crippen molar-refractivity contribution in [1.29, 1.82) is 5.26 Å². The van der Waals surface area contributed by atoms with Crippen molar-refractivity contribution in [2.45, 2.75) is 31.7 Å². The molecule has 1 amide bonds. The van der Waals surface area contributed by atoms with E-state index < -0.39 is 0 Å². The lowest BCUT2D eigenvalue weighted by Crippen LogP contribution is -2.33. The third-order valence-electron chi connectivity index (χ3n) is 3.78. The van der Waals surface area contributed by atoms with E-state index >= 15 is 0 Å². The van der Waals surface area contributed by atoms with Crippen LogP contribution in [0.4, 0.5) is 5.69 Å². The van der Waals surface area contributed by atoms with Crippen LogP contribution in [-0.2, 0) is 6.42 Å². The molecule has 4 nitrogen and oxygen atoms in total. The number of fused-ring (bicyclic) bond motifs is 1. The summed E-state index contributed by atoms with van der Waals surface area (Å²) in [6.07, 6.45) is 3.58. The fraction of sp³-hybridized carbons (Fsp3) is 0.467. The number of carbonyl (C=O) groups is 1. The molecule has 0 aromatic heterocycles. The molecule has 98 valence electrons. The van der Waals surface area contributed by atoms with E-state index in [4.69, 9.17) is 5.26 Å². The van der Waals surface area contributed by atoms with E-state index in [1.807, 2.05) is 23.1 Å². The molecular weight excluding hydrogens is 238 g/mol. The van der Waals surface area contributed by atoms with Gasteiger partial charge in [0.05, 0.1) is 12.5 Å². The molecule has 3 rings (SSSR count). The Hall–Kier alpha value is -2.02. The van der Waals surface area contributed by atoms with E-state index in [0.29, 0.717) is 19.0 Å². The Morgan fingerprint density at radius 1 is 1.47 bits per heavy atom. The molecular formula is C15H17N3O. The van der Waals surface area contributed by atoms with E-state index in [1.54, 1.807) is 0 Å². The molecule has 1 aliphatic carbocycles. The summed E-state index contributed by atoms with van der Waals surface area (Å²) in [6, 6.07) is 8.37. The first-order valence-corrected chi connectivity index (χ1v) is 6.84. The number of hydrogen-bond acceptors (Lipinski definition) is 3. The van der Waals surface area contributed by atoms with Crippen molar-refractivity contribution < 1.29 is 4.79 Å². The van der Waals surface area contributed by atoms with Gasteiger partial charge in [-0.05, 0) is 37.0 Å². The number of nitrogens with one attached hydrogen (secondary N) is 1. The molecule has 1 aliphatic heterocycles. The van der Waals surface area contributed by atoms with Gasteiger partial charge in [-0.15, -0.1) is 0 Å². The number of nitriles is 1. The first kappa shape index (κ1) is 12.0. The number of nitrogens with zero attached hydrogens (tertiary/aromatic N) is 2. The Morgan fingerprint density at radius 3 is 3.05 bits per heavy atom. The van der Waals surface area contributed by atoms with Crippen LogP contribution >= 0.6 is 0 Å². The van der Waals surface area contributed by atoms with Gasteiger partial charge >= 0.3 is 0 Å². The lowest BCUT2D eigenvalue weighted by molar-refractivity contribution is 0.0747. The predicted molar refractivity (Wildman–Crippen MR) is 72.9 cm³/mol. The van der Waals surface area contributed by atoms with Gasteiger partial charge in [-0.1, -0.05) is 6.07 Å². The Labute approximate surface area is 113 Å². The number of benzene rings is 1. The number of amides is 1. The molecule has 1 fully saturated rings. The van der Waals surface area contributed by atoms with Crippen LogP contribution < -0.4 is 5.32 Å². The summed E-state index contributed by atoms with van der Waals surface area (Å²) in [7, 11) is 0. The van der Waals surface area contributed by atoms with Crippen LogP contribution in [-0.4, -0.2) is 29.9 Å². The summed E-state index contributed by atoms with van der Waals surface area (Å²) >= 11 is 0. The average Bonchev–Trinajstić information content (AvgIpc) is 3.15. The van der Waals surface area contributed by atoms with E-state index in [9.17, 15) is 4.79 Å². The Balaban J connectivity index is 1.79. The normalized spacial score (nSPS) is 16.4. The summed E-state index contributed by atoms with van der Waals surface area (Å²) in [5.41, 5.74) is 3.10. The van der Waals surface area contributed by atoms with E-state index in [1.165, 1.54) is 5.56 Å². The summed E-state index contributed by atoms with van der Waals surface area (Å²) in [4.78, 5) is 14.4. The summed E-state index contributed by atoms with van der Waals surface area (Å²) in [6.45, 7) is 1.50. The molecule has 19 heavy (non-hydrogen) atoms. The topological polar surface area (TPSA) is 56.1 Å². The van der Waals surface area contributed by atoms with Gasteiger partial charge in [0.15, 0.2) is 0 Å². The fourth-order valence-corrected chi connectivity index (χ4v) is 2.60. The first-order valence-electron chi connectivity index (χ1n) is 6.84. The molecule has 0 spiro atoms. The van der Waals surface area contributed by atoms with Gasteiger partial charge in [-0.2, -0.15) is 5.26 Å². The highest BCUT2D eigenvalue weighted by molar-refractivity contribution is 5.96. The minimum absolute atomic E-state index is 0.0641. The number of rotatable bonds is 4. The molecule has 1 heterocycles. The van der Waals surface area contributed by atoms with Gasteiger partial charge in [0.2, 0.25) is 0 Å². The van der Waals surface area contributed by atoms with Crippen molar-refractivity contribution in [1.82, 2.24) is 4.90 Å². The maximum absolute atomic E-state index is 12.5. The average molecular weight is 255 g/mol. The smallest absolute Gasteiger partial charge is 0.254 e. The molecule has 4 heteroatoms. The number of hydrogen-bond donors (Lipinski definition) is 1. The molecule has 0 atom stereocenters. The zero-order valence-electron chi connectivity index (χ0n) is 10.9. The van der Waals surface area contributed by atoms with Crippen LogP contribution in [0.3, 0.4) is 0 Å². The molecule has 0 bridgehead atoms. The number of anilines is 1.